The molecule has 7 nitrogen and oxygen atoms in total. The minimum absolute atomic E-state index is 0.0182. The molecule has 1 aliphatic heterocycles. The van der Waals surface area contributed by atoms with Gasteiger partial charge < -0.3 is 14.5 Å². The van der Waals surface area contributed by atoms with Gasteiger partial charge in [-0.05, 0) is 19.1 Å². The van der Waals surface area contributed by atoms with Crippen molar-refractivity contribution in [2.24, 2.45) is 0 Å². The molecule has 1 amide bonds. The molecule has 1 aromatic heterocycles. The molecule has 0 spiro atoms. The van der Waals surface area contributed by atoms with Gasteiger partial charge in [0.25, 0.3) is 0 Å². The van der Waals surface area contributed by atoms with Crippen molar-refractivity contribution in [2.45, 2.75) is 18.6 Å². The molecule has 1 saturated heterocycles. The van der Waals surface area contributed by atoms with Gasteiger partial charge in [-0.15, -0.1) is 16.8 Å². The number of morpholine rings is 1. The second-order valence-corrected chi connectivity index (χ2v) is 6.99. The standard InChI is InChI=1S/C19H25N5O2S/c1-3-10-24(16-8-6-5-7-9-16)17(25)15-27-19-21-20-18(23(19)4-2)22-11-13-26-14-12-22/h3,5-9H,1,4,10-15H2,2H3. The summed E-state index contributed by atoms with van der Waals surface area (Å²) in [6.07, 6.45) is 1.74. The van der Waals surface area contributed by atoms with E-state index in [0.717, 1.165) is 36.4 Å². The van der Waals surface area contributed by atoms with Crippen LogP contribution in [0.4, 0.5) is 11.6 Å². The van der Waals surface area contributed by atoms with Gasteiger partial charge in [-0.25, -0.2) is 0 Å². The smallest absolute Gasteiger partial charge is 0.237 e. The largest absolute Gasteiger partial charge is 0.378 e. The number of benzene rings is 1. The van der Waals surface area contributed by atoms with E-state index in [2.05, 4.69) is 33.2 Å². The third-order valence-electron chi connectivity index (χ3n) is 4.31. The van der Waals surface area contributed by atoms with Crippen LogP contribution in [0.15, 0.2) is 48.1 Å². The highest BCUT2D eigenvalue weighted by Crippen LogP contribution is 2.24. The van der Waals surface area contributed by atoms with Gasteiger partial charge in [0.15, 0.2) is 5.16 Å². The fourth-order valence-corrected chi connectivity index (χ4v) is 3.83. The second-order valence-electron chi connectivity index (χ2n) is 6.04. The molecule has 1 fully saturated rings. The first-order valence-electron chi connectivity index (χ1n) is 9.09. The number of nitrogens with zero attached hydrogens (tertiary/aromatic N) is 5. The van der Waals surface area contributed by atoms with Crippen molar-refractivity contribution < 1.29 is 9.53 Å². The maximum atomic E-state index is 12.8. The van der Waals surface area contributed by atoms with Crippen LogP contribution in [0.25, 0.3) is 0 Å². The lowest BCUT2D eigenvalue weighted by Gasteiger charge is -2.27. The lowest BCUT2D eigenvalue weighted by atomic mass is 10.3. The number of carbonyl (C=O) groups excluding carboxylic acids is 1. The third kappa shape index (κ3) is 4.70. The molecular formula is C19H25N5O2S. The van der Waals surface area contributed by atoms with Crippen molar-refractivity contribution in [1.82, 2.24) is 14.8 Å². The van der Waals surface area contributed by atoms with Crippen LogP contribution in [0.5, 0.6) is 0 Å². The Kier molecular flexibility index (Phi) is 6.89. The van der Waals surface area contributed by atoms with Crippen LogP contribution in [0.2, 0.25) is 0 Å². The summed E-state index contributed by atoms with van der Waals surface area (Å²) in [6, 6.07) is 9.64. The molecule has 1 aromatic carbocycles. The van der Waals surface area contributed by atoms with Gasteiger partial charge in [-0.2, -0.15) is 0 Å². The highest BCUT2D eigenvalue weighted by molar-refractivity contribution is 7.99. The summed E-state index contributed by atoms with van der Waals surface area (Å²) in [7, 11) is 0. The van der Waals surface area contributed by atoms with Crippen LogP contribution >= 0.6 is 11.8 Å². The van der Waals surface area contributed by atoms with Gasteiger partial charge >= 0.3 is 0 Å². The lowest BCUT2D eigenvalue weighted by Crippen LogP contribution is -2.38. The Morgan fingerprint density at radius 3 is 2.70 bits per heavy atom. The average molecular weight is 388 g/mol. The molecule has 0 unspecified atom stereocenters. The molecule has 2 aromatic rings. The topological polar surface area (TPSA) is 63.5 Å². The first-order chi connectivity index (χ1) is 13.2. The van der Waals surface area contributed by atoms with E-state index in [1.165, 1.54) is 11.8 Å². The Hall–Kier alpha value is -2.32. The number of aromatic nitrogens is 3. The first kappa shape index (κ1) is 19.4. The number of ether oxygens (including phenoxy) is 1. The van der Waals surface area contributed by atoms with Crippen molar-refractivity contribution in [3.05, 3.63) is 43.0 Å². The number of carbonyl (C=O) groups is 1. The summed E-state index contributed by atoms with van der Waals surface area (Å²) >= 11 is 1.42. The Balaban J connectivity index is 1.69. The predicted octanol–water partition coefficient (Wildman–Crippen LogP) is 2.45. The van der Waals surface area contributed by atoms with Crippen LogP contribution in [-0.4, -0.2) is 59.3 Å². The summed E-state index contributed by atoms with van der Waals surface area (Å²) in [5.41, 5.74) is 0.869. The average Bonchev–Trinajstić information content (AvgIpc) is 3.14. The summed E-state index contributed by atoms with van der Waals surface area (Å²) in [5.74, 6) is 1.16. The normalized spacial score (nSPS) is 14.2. The summed E-state index contributed by atoms with van der Waals surface area (Å²) in [5, 5.41) is 9.43. The molecule has 0 saturated carbocycles. The fraction of sp³-hybridized carbons (Fsp3) is 0.421. The SMILES string of the molecule is C=CCN(C(=O)CSc1nnc(N2CCOCC2)n1CC)c1ccccc1. The molecule has 2 heterocycles. The molecule has 0 bridgehead atoms. The zero-order valence-electron chi connectivity index (χ0n) is 15.6. The van der Waals surface area contributed by atoms with Gasteiger partial charge in [0.1, 0.15) is 0 Å². The van der Waals surface area contributed by atoms with Crippen molar-refractivity contribution >= 4 is 29.3 Å². The summed E-state index contributed by atoms with van der Waals surface area (Å²) in [4.78, 5) is 16.7. The Morgan fingerprint density at radius 2 is 2.04 bits per heavy atom. The van der Waals surface area contributed by atoms with E-state index in [-0.39, 0.29) is 5.91 Å². The lowest BCUT2D eigenvalue weighted by molar-refractivity contribution is -0.116. The van der Waals surface area contributed by atoms with E-state index >= 15 is 0 Å². The minimum atomic E-state index is 0.0182. The molecule has 27 heavy (non-hydrogen) atoms. The van der Waals surface area contributed by atoms with E-state index in [0.29, 0.717) is 25.5 Å². The number of rotatable bonds is 8. The number of thioether (sulfide) groups is 1. The maximum Gasteiger partial charge on any atom is 0.237 e. The number of amides is 1. The predicted molar refractivity (Wildman–Crippen MR) is 108 cm³/mol. The van der Waals surface area contributed by atoms with Crippen molar-refractivity contribution in [1.29, 1.82) is 0 Å². The zero-order chi connectivity index (χ0) is 19.1. The third-order valence-corrected chi connectivity index (χ3v) is 5.26. The van der Waals surface area contributed by atoms with Crippen molar-refractivity contribution in [2.75, 3.05) is 48.4 Å². The maximum absolute atomic E-state index is 12.8. The van der Waals surface area contributed by atoms with E-state index in [1.54, 1.807) is 11.0 Å². The van der Waals surface area contributed by atoms with Gasteiger partial charge in [0.05, 0.1) is 19.0 Å². The minimum Gasteiger partial charge on any atom is -0.378 e. The first-order valence-corrected chi connectivity index (χ1v) is 10.1. The summed E-state index contributed by atoms with van der Waals surface area (Å²) < 4.78 is 7.47. The molecule has 0 aliphatic carbocycles. The number of hydrogen-bond donors (Lipinski definition) is 0. The second kappa shape index (κ2) is 9.57. The van der Waals surface area contributed by atoms with Gasteiger partial charge in [0.2, 0.25) is 11.9 Å². The zero-order valence-corrected chi connectivity index (χ0v) is 16.4. The monoisotopic (exact) mass is 387 g/mol. The highest BCUT2D eigenvalue weighted by atomic mass is 32.2. The van der Waals surface area contributed by atoms with Gasteiger partial charge in [-0.3, -0.25) is 9.36 Å². The van der Waals surface area contributed by atoms with Gasteiger partial charge in [-0.1, -0.05) is 36.0 Å². The van der Waals surface area contributed by atoms with Crippen LogP contribution in [0.1, 0.15) is 6.92 Å². The van der Waals surface area contributed by atoms with Crippen LogP contribution < -0.4 is 9.80 Å². The Labute approximate surface area is 164 Å². The highest BCUT2D eigenvalue weighted by Gasteiger charge is 2.21. The molecule has 0 atom stereocenters. The van der Waals surface area contributed by atoms with E-state index in [1.807, 2.05) is 30.3 Å². The number of hydrogen-bond acceptors (Lipinski definition) is 6. The Bertz CT molecular complexity index is 759. The van der Waals surface area contributed by atoms with Crippen molar-refractivity contribution in [3.63, 3.8) is 0 Å². The molecular weight excluding hydrogens is 362 g/mol. The van der Waals surface area contributed by atoms with E-state index in [4.69, 9.17) is 4.74 Å². The fourth-order valence-electron chi connectivity index (χ4n) is 2.95. The van der Waals surface area contributed by atoms with Gasteiger partial charge in [0, 0.05) is 31.9 Å². The molecule has 8 heteroatoms. The number of para-hydroxylation sites is 1. The quantitative estimate of drug-likeness (QED) is 0.512. The Morgan fingerprint density at radius 1 is 1.30 bits per heavy atom. The van der Waals surface area contributed by atoms with Crippen LogP contribution in [0, 0.1) is 0 Å². The molecule has 1 aliphatic rings. The summed E-state index contributed by atoms with van der Waals surface area (Å²) in [6.45, 7) is 10.1. The molecule has 144 valence electrons. The van der Waals surface area contributed by atoms with E-state index < -0.39 is 0 Å². The molecule has 0 radical (unpaired) electrons. The van der Waals surface area contributed by atoms with Crippen molar-refractivity contribution in [3.8, 4) is 0 Å². The van der Waals surface area contributed by atoms with Crippen LogP contribution in [0.3, 0.4) is 0 Å². The number of anilines is 2. The molecule has 0 N–H and O–H groups in total. The van der Waals surface area contributed by atoms with E-state index in [9.17, 15) is 4.79 Å². The molecule has 3 rings (SSSR count). The van der Waals surface area contributed by atoms with Crippen LogP contribution in [-0.2, 0) is 16.1 Å².